The highest BCUT2D eigenvalue weighted by Gasteiger charge is 2.24. The van der Waals surface area contributed by atoms with Gasteiger partial charge >= 0.3 is 6.01 Å². The number of rotatable bonds is 6. The number of amides is 1. The molecule has 7 heteroatoms. The molecule has 1 fully saturated rings. The number of hydrogen-bond acceptors (Lipinski definition) is 5. The van der Waals surface area contributed by atoms with Gasteiger partial charge < -0.3 is 14.6 Å². The average molecular weight is 408 g/mol. The zero-order chi connectivity index (χ0) is 20.8. The number of carbonyl (C=O) groups excluding carboxylic acids is 1. The molecule has 1 saturated heterocycles. The van der Waals surface area contributed by atoms with Gasteiger partial charge in [0.1, 0.15) is 11.9 Å². The van der Waals surface area contributed by atoms with Crippen LogP contribution in [0.5, 0.6) is 0 Å². The van der Waals surface area contributed by atoms with Crippen LogP contribution < -0.4 is 10.2 Å². The Balaban J connectivity index is 1.55. The third-order valence-corrected chi connectivity index (χ3v) is 5.30. The summed E-state index contributed by atoms with van der Waals surface area (Å²) in [5.74, 6) is -0.328. The molecular weight excluding hydrogens is 383 g/mol. The molecule has 0 spiro atoms. The summed E-state index contributed by atoms with van der Waals surface area (Å²) in [6.07, 6.45) is 5.14. The van der Waals surface area contributed by atoms with Crippen molar-refractivity contribution in [3.63, 3.8) is 0 Å². The minimum atomic E-state index is -0.488. The number of nitrogens with zero attached hydrogens (tertiary/aromatic N) is 3. The van der Waals surface area contributed by atoms with E-state index in [1.54, 1.807) is 0 Å². The average Bonchev–Trinajstić information content (AvgIpc) is 3.10. The molecule has 0 bridgehead atoms. The molecule has 1 atom stereocenters. The lowest BCUT2D eigenvalue weighted by Crippen LogP contribution is -2.30. The summed E-state index contributed by atoms with van der Waals surface area (Å²) in [6.45, 7) is 1.79. The van der Waals surface area contributed by atoms with Crippen LogP contribution in [0.3, 0.4) is 0 Å². The van der Waals surface area contributed by atoms with Gasteiger partial charge in [0.2, 0.25) is 5.89 Å². The van der Waals surface area contributed by atoms with Crippen LogP contribution in [0.4, 0.5) is 10.4 Å². The zero-order valence-electron chi connectivity index (χ0n) is 16.8. The summed E-state index contributed by atoms with van der Waals surface area (Å²) in [5.41, 5.74) is 1.41. The van der Waals surface area contributed by atoms with Gasteiger partial charge in [0.15, 0.2) is 0 Å². The van der Waals surface area contributed by atoms with Crippen molar-refractivity contribution in [1.29, 1.82) is 0 Å². The first-order chi connectivity index (χ1) is 14.7. The Labute approximate surface area is 175 Å². The molecule has 0 aliphatic carbocycles. The number of anilines is 1. The van der Waals surface area contributed by atoms with E-state index in [9.17, 15) is 9.18 Å². The summed E-state index contributed by atoms with van der Waals surface area (Å²) < 4.78 is 19.2. The molecule has 2 heterocycles. The molecule has 1 amide bonds. The second-order valence-electron chi connectivity index (χ2n) is 7.55. The number of benzene rings is 2. The number of nitrogens with one attached hydrogen (secondary N) is 1. The molecule has 1 aromatic heterocycles. The minimum absolute atomic E-state index is 0.314. The maximum absolute atomic E-state index is 13.2. The molecule has 30 heavy (non-hydrogen) atoms. The number of halogens is 1. The highest BCUT2D eigenvalue weighted by molar-refractivity contribution is 5.94. The number of carbonyl (C=O) groups is 1. The second kappa shape index (κ2) is 9.52. The van der Waals surface area contributed by atoms with Gasteiger partial charge in [0, 0.05) is 25.1 Å². The zero-order valence-corrected chi connectivity index (χ0v) is 16.8. The van der Waals surface area contributed by atoms with Gasteiger partial charge in [0.05, 0.1) is 0 Å². The quantitative estimate of drug-likeness (QED) is 0.658. The van der Waals surface area contributed by atoms with Crippen LogP contribution in [0.15, 0.2) is 59.0 Å². The Kier molecular flexibility index (Phi) is 6.37. The molecule has 2 aromatic carbocycles. The first-order valence-electron chi connectivity index (χ1n) is 10.4. The Bertz CT molecular complexity index is 951. The molecule has 4 rings (SSSR count). The third kappa shape index (κ3) is 5.03. The van der Waals surface area contributed by atoms with Crippen LogP contribution in [0.1, 0.15) is 53.5 Å². The minimum Gasteiger partial charge on any atom is -0.406 e. The molecule has 1 aliphatic heterocycles. The van der Waals surface area contributed by atoms with E-state index in [-0.39, 0.29) is 11.7 Å². The number of hydrogen-bond donors (Lipinski definition) is 1. The van der Waals surface area contributed by atoms with Crippen molar-refractivity contribution < 1.29 is 13.6 Å². The molecule has 1 unspecified atom stereocenters. The van der Waals surface area contributed by atoms with Crippen molar-refractivity contribution >= 4 is 11.9 Å². The van der Waals surface area contributed by atoms with Crippen molar-refractivity contribution in [2.75, 3.05) is 18.0 Å². The summed E-state index contributed by atoms with van der Waals surface area (Å²) in [4.78, 5) is 14.9. The molecule has 156 valence electrons. The lowest BCUT2D eigenvalue weighted by Gasteiger charge is -2.18. The molecule has 1 N–H and O–H groups in total. The van der Waals surface area contributed by atoms with Gasteiger partial charge in [-0.1, -0.05) is 48.3 Å². The molecule has 3 aromatic rings. The highest BCUT2D eigenvalue weighted by atomic mass is 19.1. The van der Waals surface area contributed by atoms with E-state index in [0.29, 0.717) is 23.9 Å². The van der Waals surface area contributed by atoms with E-state index in [1.807, 2.05) is 30.3 Å². The molecule has 1 aliphatic rings. The van der Waals surface area contributed by atoms with Crippen LogP contribution in [0, 0.1) is 5.82 Å². The summed E-state index contributed by atoms with van der Waals surface area (Å²) in [6, 6.07) is 15.3. The predicted octanol–water partition coefficient (Wildman–Crippen LogP) is 4.30. The fourth-order valence-corrected chi connectivity index (χ4v) is 3.65. The molecule has 0 radical (unpaired) electrons. The van der Waals surface area contributed by atoms with Crippen molar-refractivity contribution in [2.45, 2.75) is 38.1 Å². The largest absolute Gasteiger partial charge is 0.406 e. The van der Waals surface area contributed by atoms with Crippen LogP contribution in [-0.4, -0.2) is 29.2 Å². The fraction of sp³-hybridized carbons (Fsp3) is 0.348. The Hall–Kier alpha value is -3.22. The fourth-order valence-electron chi connectivity index (χ4n) is 3.65. The van der Waals surface area contributed by atoms with Crippen LogP contribution >= 0.6 is 0 Å². The standard InChI is InChI=1S/C23H25FN4O2/c24-19-12-10-18(11-13-19)21(29)25-20(16-17-8-4-3-5-9-17)22-26-27-23(30-22)28-14-6-1-2-7-15-28/h3-5,8-13,20H,1-2,6-7,14-16H2,(H,25,29). The highest BCUT2D eigenvalue weighted by Crippen LogP contribution is 2.23. The van der Waals surface area contributed by atoms with Crippen LogP contribution in [0.25, 0.3) is 0 Å². The van der Waals surface area contributed by atoms with Gasteiger partial charge in [-0.05, 0) is 42.7 Å². The van der Waals surface area contributed by atoms with E-state index in [1.165, 1.54) is 37.1 Å². The van der Waals surface area contributed by atoms with E-state index >= 15 is 0 Å². The molecule has 6 nitrogen and oxygen atoms in total. The summed E-state index contributed by atoms with van der Waals surface area (Å²) in [7, 11) is 0. The first kappa shape index (κ1) is 20.1. The van der Waals surface area contributed by atoms with Crippen molar-refractivity contribution in [1.82, 2.24) is 15.5 Å². The Morgan fingerprint density at radius 2 is 1.70 bits per heavy atom. The Morgan fingerprint density at radius 1 is 1.00 bits per heavy atom. The lowest BCUT2D eigenvalue weighted by molar-refractivity contribution is 0.0930. The first-order valence-corrected chi connectivity index (χ1v) is 10.4. The lowest BCUT2D eigenvalue weighted by atomic mass is 10.1. The van der Waals surface area contributed by atoms with E-state index in [0.717, 1.165) is 31.5 Å². The maximum Gasteiger partial charge on any atom is 0.318 e. The smallest absolute Gasteiger partial charge is 0.318 e. The van der Waals surface area contributed by atoms with Crippen molar-refractivity contribution in [3.8, 4) is 0 Å². The van der Waals surface area contributed by atoms with Gasteiger partial charge in [-0.3, -0.25) is 4.79 Å². The predicted molar refractivity (Wildman–Crippen MR) is 112 cm³/mol. The third-order valence-electron chi connectivity index (χ3n) is 5.30. The second-order valence-corrected chi connectivity index (χ2v) is 7.55. The van der Waals surface area contributed by atoms with Crippen LogP contribution in [0.2, 0.25) is 0 Å². The van der Waals surface area contributed by atoms with Crippen LogP contribution in [-0.2, 0) is 6.42 Å². The van der Waals surface area contributed by atoms with Crippen molar-refractivity contribution in [2.24, 2.45) is 0 Å². The maximum atomic E-state index is 13.2. The summed E-state index contributed by atoms with van der Waals surface area (Å²) in [5, 5.41) is 11.5. The molecule has 0 saturated carbocycles. The van der Waals surface area contributed by atoms with Crippen molar-refractivity contribution in [3.05, 3.63) is 77.4 Å². The molecular formula is C23H25FN4O2. The Morgan fingerprint density at radius 3 is 2.40 bits per heavy atom. The normalized spacial score (nSPS) is 15.4. The van der Waals surface area contributed by atoms with Gasteiger partial charge in [-0.25, -0.2) is 4.39 Å². The summed E-state index contributed by atoms with van der Waals surface area (Å²) >= 11 is 0. The van der Waals surface area contributed by atoms with E-state index < -0.39 is 6.04 Å². The van der Waals surface area contributed by atoms with Gasteiger partial charge in [0.25, 0.3) is 5.91 Å². The SMILES string of the molecule is O=C(NC(Cc1ccccc1)c1nnc(N2CCCCCC2)o1)c1ccc(F)cc1. The monoisotopic (exact) mass is 408 g/mol. The number of aromatic nitrogens is 2. The topological polar surface area (TPSA) is 71.3 Å². The van der Waals surface area contributed by atoms with E-state index in [2.05, 4.69) is 20.4 Å². The van der Waals surface area contributed by atoms with Gasteiger partial charge in [-0.15, -0.1) is 5.10 Å². The van der Waals surface area contributed by atoms with E-state index in [4.69, 9.17) is 4.42 Å². The van der Waals surface area contributed by atoms with Gasteiger partial charge in [-0.2, -0.15) is 0 Å².